The van der Waals surface area contributed by atoms with Crippen LogP contribution in [0.15, 0.2) is 0 Å². The average molecular weight is 88.1 g/mol. The van der Waals surface area contributed by atoms with E-state index in [0.717, 1.165) is 6.54 Å². The summed E-state index contributed by atoms with van der Waals surface area (Å²) in [6, 6.07) is 0.463. The molecule has 1 rings (SSSR count). The molecule has 36 valence electrons. The molecule has 2 unspecified atom stereocenters. The van der Waals surface area contributed by atoms with E-state index in [4.69, 9.17) is 5.11 Å². The molecule has 2 nitrogen and oxygen atoms in total. The molecule has 0 aliphatic carbocycles. The zero-order chi connectivity index (χ0) is 4.57. The molecule has 1 aliphatic heterocycles. The second-order valence-electron chi connectivity index (χ2n) is 1.90. The number of rotatable bonds is 0. The van der Waals surface area contributed by atoms with Crippen molar-refractivity contribution in [1.82, 2.24) is 0 Å². The summed E-state index contributed by atoms with van der Waals surface area (Å²) in [5.74, 6) is 0. The molecule has 0 spiro atoms. The zero-order valence-corrected chi connectivity index (χ0v) is 3.89. The fourth-order valence-corrected chi connectivity index (χ4v) is 0.530. The first-order valence-corrected chi connectivity index (χ1v) is 2.32. The van der Waals surface area contributed by atoms with E-state index in [-0.39, 0.29) is 6.10 Å². The SMILES string of the molecule is CC1[NH2+]CC1O. The first-order chi connectivity index (χ1) is 2.80. The molecule has 0 amide bonds. The molecule has 1 fully saturated rings. The standard InChI is InChI=1S/C4H9NO/c1-3-4(6)2-5-3/h3-6H,2H2,1H3/p+1. The van der Waals surface area contributed by atoms with Gasteiger partial charge >= 0.3 is 0 Å². The van der Waals surface area contributed by atoms with Crippen LogP contribution in [0.2, 0.25) is 0 Å². The number of hydrogen-bond acceptors (Lipinski definition) is 1. The van der Waals surface area contributed by atoms with Gasteiger partial charge in [-0.2, -0.15) is 0 Å². The highest BCUT2D eigenvalue weighted by Gasteiger charge is 2.27. The van der Waals surface area contributed by atoms with E-state index in [1.807, 2.05) is 6.92 Å². The van der Waals surface area contributed by atoms with Crippen LogP contribution in [0.3, 0.4) is 0 Å². The van der Waals surface area contributed by atoms with Gasteiger partial charge in [-0.15, -0.1) is 0 Å². The number of aliphatic hydroxyl groups is 1. The minimum absolute atomic E-state index is 0.0231. The Morgan fingerprint density at radius 2 is 2.33 bits per heavy atom. The molecule has 2 atom stereocenters. The van der Waals surface area contributed by atoms with Gasteiger partial charge < -0.3 is 10.4 Å². The van der Waals surface area contributed by atoms with Crippen molar-refractivity contribution in [3.8, 4) is 0 Å². The Kier molecular flexibility index (Phi) is 0.821. The van der Waals surface area contributed by atoms with Crippen molar-refractivity contribution in [2.45, 2.75) is 19.1 Å². The second-order valence-corrected chi connectivity index (χ2v) is 1.90. The number of quaternary nitrogens is 1. The Labute approximate surface area is 37.2 Å². The third-order valence-corrected chi connectivity index (χ3v) is 1.36. The van der Waals surface area contributed by atoms with Gasteiger partial charge in [0.15, 0.2) is 6.10 Å². The van der Waals surface area contributed by atoms with Crippen molar-refractivity contribution in [2.75, 3.05) is 6.54 Å². The van der Waals surface area contributed by atoms with Crippen molar-refractivity contribution in [3.63, 3.8) is 0 Å². The molecular formula is C4H10NO+. The van der Waals surface area contributed by atoms with E-state index in [0.29, 0.717) is 6.04 Å². The smallest absolute Gasteiger partial charge is 0.154 e. The third-order valence-electron chi connectivity index (χ3n) is 1.36. The van der Waals surface area contributed by atoms with Crippen LogP contribution in [0.4, 0.5) is 0 Å². The average Bonchev–Trinajstić information content (AvgIpc) is 1.61. The van der Waals surface area contributed by atoms with E-state index < -0.39 is 0 Å². The summed E-state index contributed by atoms with van der Waals surface area (Å²) in [6.07, 6.45) is -0.0231. The van der Waals surface area contributed by atoms with Gasteiger partial charge in [-0.25, -0.2) is 0 Å². The summed E-state index contributed by atoms with van der Waals surface area (Å²) in [5, 5.41) is 10.8. The molecule has 0 bridgehead atoms. The normalized spacial score (nSPS) is 45.0. The molecule has 0 aromatic heterocycles. The summed E-state index contributed by atoms with van der Waals surface area (Å²) in [4.78, 5) is 0. The number of nitrogens with two attached hydrogens (primary N) is 1. The van der Waals surface area contributed by atoms with E-state index >= 15 is 0 Å². The Balaban J connectivity index is 2.20. The van der Waals surface area contributed by atoms with Crippen LogP contribution in [0.1, 0.15) is 6.92 Å². The van der Waals surface area contributed by atoms with Crippen molar-refractivity contribution >= 4 is 0 Å². The molecule has 1 heterocycles. The van der Waals surface area contributed by atoms with Gasteiger partial charge in [0.2, 0.25) is 0 Å². The van der Waals surface area contributed by atoms with Crippen LogP contribution in [0.5, 0.6) is 0 Å². The fourth-order valence-electron chi connectivity index (χ4n) is 0.530. The third kappa shape index (κ3) is 0.420. The zero-order valence-electron chi connectivity index (χ0n) is 3.89. The first kappa shape index (κ1) is 4.09. The van der Waals surface area contributed by atoms with E-state index in [1.54, 1.807) is 0 Å². The van der Waals surface area contributed by atoms with Crippen LogP contribution in [0, 0.1) is 0 Å². The van der Waals surface area contributed by atoms with Gasteiger partial charge in [-0.05, 0) is 6.92 Å². The van der Waals surface area contributed by atoms with Crippen molar-refractivity contribution in [2.24, 2.45) is 0 Å². The number of aliphatic hydroxyl groups excluding tert-OH is 1. The lowest BCUT2D eigenvalue weighted by Gasteiger charge is -2.25. The lowest BCUT2D eigenvalue weighted by molar-refractivity contribution is -0.757. The van der Waals surface area contributed by atoms with Gasteiger partial charge in [0.1, 0.15) is 12.6 Å². The first-order valence-electron chi connectivity index (χ1n) is 2.32. The monoisotopic (exact) mass is 88.1 g/mol. The van der Waals surface area contributed by atoms with Crippen LogP contribution in [-0.2, 0) is 0 Å². The number of hydrogen-bond donors (Lipinski definition) is 2. The van der Waals surface area contributed by atoms with Crippen LogP contribution in [-0.4, -0.2) is 23.8 Å². The van der Waals surface area contributed by atoms with E-state index in [2.05, 4.69) is 5.32 Å². The highest BCUT2D eigenvalue weighted by atomic mass is 16.3. The second kappa shape index (κ2) is 1.21. The maximum absolute atomic E-state index is 8.69. The molecule has 1 aliphatic rings. The van der Waals surface area contributed by atoms with Crippen molar-refractivity contribution < 1.29 is 10.4 Å². The maximum atomic E-state index is 8.69. The summed E-state index contributed by atoms with van der Waals surface area (Å²) in [6.45, 7) is 2.93. The Hall–Kier alpha value is -0.0800. The molecule has 3 N–H and O–H groups in total. The Bertz CT molecular complexity index is 47.5. The molecule has 0 aromatic rings. The Morgan fingerprint density at radius 1 is 1.83 bits per heavy atom. The molecular weight excluding hydrogens is 78.0 g/mol. The highest BCUT2D eigenvalue weighted by molar-refractivity contribution is 4.65. The summed E-state index contributed by atoms with van der Waals surface area (Å²) in [7, 11) is 0. The Morgan fingerprint density at radius 3 is 2.33 bits per heavy atom. The van der Waals surface area contributed by atoms with Gasteiger partial charge in [-0.1, -0.05) is 0 Å². The largest absolute Gasteiger partial charge is 0.381 e. The maximum Gasteiger partial charge on any atom is 0.154 e. The molecule has 2 heteroatoms. The summed E-state index contributed by atoms with van der Waals surface area (Å²) in [5.41, 5.74) is 0. The van der Waals surface area contributed by atoms with Gasteiger partial charge in [0.05, 0.1) is 0 Å². The highest BCUT2D eigenvalue weighted by Crippen LogP contribution is 1.88. The van der Waals surface area contributed by atoms with Gasteiger partial charge in [0.25, 0.3) is 0 Å². The fraction of sp³-hybridized carbons (Fsp3) is 1.00. The predicted molar refractivity (Wildman–Crippen MR) is 22.3 cm³/mol. The lowest BCUT2D eigenvalue weighted by Crippen LogP contribution is -3.03. The van der Waals surface area contributed by atoms with Gasteiger partial charge in [-0.3, -0.25) is 0 Å². The van der Waals surface area contributed by atoms with Crippen LogP contribution in [0.25, 0.3) is 0 Å². The molecule has 0 radical (unpaired) electrons. The van der Waals surface area contributed by atoms with Gasteiger partial charge in [0, 0.05) is 0 Å². The van der Waals surface area contributed by atoms with Crippen LogP contribution >= 0.6 is 0 Å². The van der Waals surface area contributed by atoms with E-state index in [9.17, 15) is 0 Å². The lowest BCUT2D eigenvalue weighted by atomic mass is 10.1. The summed E-state index contributed by atoms with van der Waals surface area (Å²) >= 11 is 0. The van der Waals surface area contributed by atoms with Crippen LogP contribution < -0.4 is 5.32 Å². The van der Waals surface area contributed by atoms with Crippen molar-refractivity contribution in [1.29, 1.82) is 0 Å². The molecule has 6 heavy (non-hydrogen) atoms. The molecule has 0 aromatic carbocycles. The topological polar surface area (TPSA) is 36.8 Å². The minimum atomic E-state index is -0.0231. The molecule has 1 saturated heterocycles. The molecule has 0 saturated carbocycles. The predicted octanol–water partition coefficient (Wildman–Crippen LogP) is -1.69. The van der Waals surface area contributed by atoms with E-state index in [1.165, 1.54) is 0 Å². The summed E-state index contributed by atoms with van der Waals surface area (Å²) < 4.78 is 0. The minimum Gasteiger partial charge on any atom is -0.381 e. The quantitative estimate of drug-likeness (QED) is 0.364. The van der Waals surface area contributed by atoms with Crippen molar-refractivity contribution in [3.05, 3.63) is 0 Å².